The molecular formula is C27H23F2N7O. The van der Waals surface area contributed by atoms with E-state index in [4.69, 9.17) is 1.41 Å². The molecule has 7 rings (SSSR count). The van der Waals surface area contributed by atoms with Gasteiger partial charge in [0.25, 0.3) is 11.8 Å². The van der Waals surface area contributed by atoms with Crippen LogP contribution in [0.3, 0.4) is 0 Å². The summed E-state index contributed by atoms with van der Waals surface area (Å²) in [5.41, 5.74) is 4.23. The van der Waals surface area contributed by atoms with Crippen molar-refractivity contribution in [3.63, 3.8) is 0 Å². The summed E-state index contributed by atoms with van der Waals surface area (Å²) in [5, 5.41) is 16.4. The lowest BCUT2D eigenvalue weighted by atomic mass is 9.92. The average molecular weight is 501 g/mol. The van der Waals surface area contributed by atoms with E-state index >= 15 is 0 Å². The number of benzene rings is 1. The van der Waals surface area contributed by atoms with E-state index in [1.807, 2.05) is 10.8 Å². The third-order valence-corrected chi connectivity index (χ3v) is 7.47. The van der Waals surface area contributed by atoms with Crippen molar-refractivity contribution in [2.75, 3.05) is 10.4 Å². The lowest BCUT2D eigenvalue weighted by Gasteiger charge is -2.35. The fourth-order valence-electron chi connectivity index (χ4n) is 5.25. The summed E-state index contributed by atoms with van der Waals surface area (Å²) in [6.07, 6.45) is 6.94. The molecule has 2 atom stereocenters. The number of rotatable bonds is 5. The minimum absolute atomic E-state index is 0.222. The minimum Gasteiger partial charge on any atom is -0.347 e. The van der Waals surface area contributed by atoms with Gasteiger partial charge in [-0.05, 0) is 48.6 Å². The van der Waals surface area contributed by atoms with E-state index in [0.29, 0.717) is 46.4 Å². The highest BCUT2D eigenvalue weighted by Crippen LogP contribution is 2.55. The number of hydrogen-bond acceptors (Lipinski definition) is 5. The van der Waals surface area contributed by atoms with Crippen molar-refractivity contribution in [3.8, 4) is 6.07 Å². The van der Waals surface area contributed by atoms with E-state index in [-0.39, 0.29) is 12.3 Å². The second kappa shape index (κ2) is 7.62. The summed E-state index contributed by atoms with van der Waals surface area (Å²) in [7, 11) is 1.81. The molecule has 2 aliphatic carbocycles. The van der Waals surface area contributed by atoms with Gasteiger partial charge in [0, 0.05) is 49.7 Å². The minimum atomic E-state index is -2.74. The molecule has 0 spiro atoms. The zero-order valence-corrected chi connectivity index (χ0v) is 20.0. The maximum Gasteiger partial charge on any atom is 0.259 e. The number of carbonyl (C=O) groups is 1. The number of hydrogen-bond donors (Lipinski definition) is 1. The van der Waals surface area contributed by atoms with Crippen LogP contribution in [0.5, 0.6) is 0 Å². The maximum atomic E-state index is 14.2. The molecule has 3 aromatic heterocycles. The summed E-state index contributed by atoms with van der Waals surface area (Å²) < 4.78 is 39.9. The Morgan fingerprint density at radius 2 is 2.08 bits per heavy atom. The van der Waals surface area contributed by atoms with Crippen LogP contribution < -0.4 is 10.4 Å². The van der Waals surface area contributed by atoms with E-state index in [2.05, 4.69) is 16.2 Å². The first kappa shape index (κ1) is 20.9. The number of nitriles is 1. The van der Waals surface area contributed by atoms with E-state index in [1.54, 1.807) is 48.3 Å². The Morgan fingerprint density at radius 1 is 1.27 bits per heavy atom. The Kier molecular flexibility index (Phi) is 4.30. The second-order valence-corrected chi connectivity index (χ2v) is 10.2. The van der Waals surface area contributed by atoms with E-state index in [0.717, 1.165) is 29.2 Å². The van der Waals surface area contributed by atoms with Gasteiger partial charge in [-0.25, -0.2) is 13.8 Å². The quantitative estimate of drug-likeness (QED) is 0.430. The fourth-order valence-corrected chi connectivity index (χ4v) is 5.25. The van der Waals surface area contributed by atoms with Crippen molar-refractivity contribution in [1.29, 1.82) is 5.26 Å². The number of pyridine rings is 1. The molecule has 1 amide bonds. The van der Waals surface area contributed by atoms with Crippen molar-refractivity contribution in [3.05, 3.63) is 71.4 Å². The van der Waals surface area contributed by atoms with Gasteiger partial charge in [0.15, 0.2) is 1.41 Å². The van der Waals surface area contributed by atoms with Crippen molar-refractivity contribution >= 4 is 28.2 Å². The Morgan fingerprint density at radius 3 is 2.76 bits per heavy atom. The van der Waals surface area contributed by atoms with Gasteiger partial charge >= 0.3 is 0 Å². The molecule has 1 unspecified atom stereocenters. The predicted octanol–water partition coefficient (Wildman–Crippen LogP) is 4.68. The Balaban J connectivity index is 1.38. The molecule has 4 aromatic rings. The van der Waals surface area contributed by atoms with Crippen LogP contribution >= 0.6 is 0 Å². The highest BCUT2D eigenvalue weighted by Gasteiger charge is 2.58. The second-order valence-electron chi connectivity index (χ2n) is 10.2. The molecule has 2 saturated carbocycles. The van der Waals surface area contributed by atoms with Gasteiger partial charge in [-0.1, -0.05) is 6.07 Å². The number of aromatic nitrogens is 4. The van der Waals surface area contributed by atoms with Crippen molar-refractivity contribution in [2.24, 2.45) is 13.0 Å². The smallest absolute Gasteiger partial charge is 0.259 e. The molecule has 4 heterocycles. The molecule has 0 radical (unpaired) electrons. The molecule has 1 N–H and O–H groups in total. The molecule has 8 nitrogen and oxygen atoms in total. The Bertz CT molecular complexity index is 1650. The number of alkyl halides is 2. The number of halogens is 2. The van der Waals surface area contributed by atoms with Crippen molar-refractivity contribution in [2.45, 2.75) is 43.6 Å². The standard InChI is InChI=1S/C27H23F2N7O/c1-34-13-17-8-19(5-7-21(17)32-34)36-26(37)23(16-4-6-22(31-11-16)20-9-27(20,28)29)25-24(33-36)18(10-30)14-35(25)12-15-2-3-15/h4-8,11,13-15,20,23,33H,2-3,9,12H2,1H3/t20?,23-/m1/s1/i/hD. The van der Waals surface area contributed by atoms with Crippen LogP contribution in [0.2, 0.25) is 1.41 Å². The van der Waals surface area contributed by atoms with E-state index in [9.17, 15) is 18.8 Å². The molecular weight excluding hydrogens is 476 g/mol. The van der Waals surface area contributed by atoms with Crippen molar-refractivity contribution < 1.29 is 15.0 Å². The van der Waals surface area contributed by atoms with E-state index in [1.165, 1.54) is 11.2 Å². The monoisotopic (exact) mass is 500 g/mol. The Labute approximate surface area is 212 Å². The van der Waals surface area contributed by atoms with E-state index < -0.39 is 17.8 Å². The average Bonchev–Trinajstić information content (AvgIpc) is 3.74. The number of amides is 1. The first-order valence-corrected chi connectivity index (χ1v) is 12.3. The molecule has 10 heteroatoms. The Hall–Kier alpha value is -4.26. The number of hydrazine groups is 1. The predicted molar refractivity (Wildman–Crippen MR) is 132 cm³/mol. The molecule has 0 bridgehead atoms. The van der Waals surface area contributed by atoms with Gasteiger partial charge in [0.1, 0.15) is 12.0 Å². The fraction of sp³-hybridized carbons (Fsp3) is 0.333. The zero-order chi connectivity index (χ0) is 26.3. The third kappa shape index (κ3) is 3.56. The lowest BCUT2D eigenvalue weighted by molar-refractivity contribution is -0.119. The summed E-state index contributed by atoms with van der Waals surface area (Å²) in [5.74, 6) is -4.43. The molecule has 2 fully saturated rings. The molecule has 186 valence electrons. The number of nitrogens with one attached hydrogen (secondary N) is 1. The number of aryl methyl sites for hydroxylation is 1. The summed E-state index contributed by atoms with van der Waals surface area (Å²) in [6.45, 7) is 0.642. The van der Waals surface area contributed by atoms with Crippen LogP contribution in [0, 0.1) is 17.2 Å². The van der Waals surface area contributed by atoms with Gasteiger partial charge in [-0.2, -0.15) is 10.4 Å². The molecule has 1 aliphatic heterocycles. The highest BCUT2D eigenvalue weighted by molar-refractivity contribution is 6.06. The summed E-state index contributed by atoms with van der Waals surface area (Å²) >= 11 is 0. The van der Waals surface area contributed by atoms with Crippen LogP contribution in [0.4, 0.5) is 20.2 Å². The SMILES string of the molecule is [2H]N1c2c(C#N)cn(CC3CC3)c2[C@@H](c2ccc(C3CC3(F)F)nc2)C(=O)N1c1ccc2nn(C)cc2c1. The largest absolute Gasteiger partial charge is 0.347 e. The van der Waals surface area contributed by atoms with Crippen molar-refractivity contribution in [1.82, 2.24) is 19.3 Å². The first-order valence-electron chi connectivity index (χ1n) is 12.7. The third-order valence-electron chi connectivity index (χ3n) is 7.47. The van der Waals surface area contributed by atoms with Gasteiger partial charge < -0.3 is 4.57 Å². The highest BCUT2D eigenvalue weighted by atomic mass is 19.3. The zero-order valence-electron chi connectivity index (χ0n) is 21.0. The summed E-state index contributed by atoms with van der Waals surface area (Å²) in [6, 6.07) is 10.7. The molecule has 1 aromatic carbocycles. The van der Waals surface area contributed by atoms with Crippen LogP contribution in [0.15, 0.2) is 48.9 Å². The lowest BCUT2D eigenvalue weighted by Crippen LogP contribution is -2.45. The number of anilines is 2. The van der Waals surface area contributed by atoms with Crippen LogP contribution in [-0.2, 0) is 18.4 Å². The molecule has 3 aliphatic rings. The number of carbonyl (C=O) groups excluding carboxylic acids is 1. The first-order chi connectivity index (χ1) is 18.2. The number of nitrogens with zero attached hydrogens (tertiary/aromatic N) is 6. The van der Waals surface area contributed by atoms with Crippen LogP contribution in [0.1, 0.15) is 53.6 Å². The van der Waals surface area contributed by atoms with Gasteiger partial charge in [0.05, 0.1) is 34.1 Å². The maximum absolute atomic E-state index is 14.2. The van der Waals surface area contributed by atoms with Gasteiger partial charge in [-0.15, -0.1) is 0 Å². The van der Waals surface area contributed by atoms with Gasteiger partial charge in [-0.3, -0.25) is 19.9 Å². The topological polar surface area (TPSA) is 91.8 Å². The number of fused-ring (bicyclic) bond motifs is 2. The van der Waals surface area contributed by atoms with Crippen LogP contribution in [0.25, 0.3) is 10.9 Å². The van der Waals surface area contributed by atoms with Crippen LogP contribution in [-0.4, -0.2) is 31.2 Å². The summed E-state index contributed by atoms with van der Waals surface area (Å²) in [4.78, 5) is 18.5. The molecule has 0 saturated heterocycles. The normalized spacial score (nSPS) is 22.6. The van der Waals surface area contributed by atoms with Gasteiger partial charge in [0.2, 0.25) is 0 Å². The molecule has 37 heavy (non-hydrogen) atoms.